The van der Waals surface area contributed by atoms with Gasteiger partial charge in [0.15, 0.2) is 9.84 Å². The molecule has 4 heterocycles. The van der Waals surface area contributed by atoms with Crippen LogP contribution in [0.2, 0.25) is 20.1 Å². The van der Waals surface area contributed by atoms with E-state index in [-0.39, 0.29) is 67.9 Å². The SMILES string of the molecule is COc1cc(C(=O)O)ccc1NC(=O)[C@@H]1N[C@@H](CC(C)(C)C)[C@@]2(CN(Cc3ccc(S(C)(=O)=O)c(COc4cc(C(=O)O)ccc4NC(=O)[C@@H]4N[C@@H](CC(C)(C)C)[C@@]5(CN(Cc6ccc(C#N)cc6)c6ccc(Cl)cc65)[C@H]4c4ccccc4Cl)c3)c3ccc(Cl)cc32)[C@H]1c1ccccc1Cl. The number of rotatable bonds is 19. The van der Waals surface area contributed by atoms with Crippen molar-refractivity contribution >= 4 is 103 Å². The Balaban J connectivity index is 0.892. The number of methoxy groups -OCH3 is 1. The van der Waals surface area contributed by atoms with Crippen LogP contribution in [0.15, 0.2) is 169 Å². The van der Waals surface area contributed by atoms with Crippen LogP contribution in [0.5, 0.6) is 11.5 Å². The first-order valence-electron chi connectivity index (χ1n) is 32.8. The molecule has 518 valence electrons. The first kappa shape index (κ1) is 71.2. The van der Waals surface area contributed by atoms with Crippen molar-refractivity contribution in [2.75, 3.05) is 46.9 Å². The van der Waals surface area contributed by atoms with E-state index < -0.39 is 81.0 Å². The molecule has 0 aromatic heterocycles. The van der Waals surface area contributed by atoms with Crippen molar-refractivity contribution in [2.45, 2.75) is 126 Å². The molecule has 12 rings (SSSR count). The monoisotopic (exact) mass is 1440 g/mol. The van der Waals surface area contributed by atoms with Crippen molar-refractivity contribution in [2.24, 2.45) is 10.8 Å². The number of aromatic carboxylic acids is 2. The zero-order valence-electron chi connectivity index (χ0n) is 56.4. The van der Waals surface area contributed by atoms with Crippen LogP contribution < -0.4 is 40.5 Å². The lowest BCUT2D eigenvalue weighted by molar-refractivity contribution is -0.119. The van der Waals surface area contributed by atoms with Crippen molar-refractivity contribution in [1.29, 1.82) is 5.26 Å². The van der Waals surface area contributed by atoms with Gasteiger partial charge in [0.2, 0.25) is 11.8 Å². The molecular formula is C78H77Cl4N7O10S. The summed E-state index contributed by atoms with van der Waals surface area (Å²) in [6.07, 6.45) is 2.29. The Hall–Kier alpha value is -8.64. The lowest BCUT2D eigenvalue weighted by Crippen LogP contribution is -2.48. The summed E-state index contributed by atoms with van der Waals surface area (Å²) in [7, 11) is -2.55. The second-order valence-electron chi connectivity index (χ2n) is 29.1. The number of hydrogen-bond acceptors (Lipinski definition) is 13. The van der Waals surface area contributed by atoms with E-state index in [0.717, 1.165) is 39.9 Å². The van der Waals surface area contributed by atoms with Gasteiger partial charge in [-0.2, -0.15) is 5.26 Å². The summed E-state index contributed by atoms with van der Waals surface area (Å²) in [5.41, 5.74) is 5.31. The molecule has 0 aliphatic carbocycles. The second kappa shape index (κ2) is 27.7. The number of amides is 2. The number of hydrogen-bond donors (Lipinski definition) is 6. The Bertz CT molecular complexity index is 4730. The predicted octanol–water partition coefficient (Wildman–Crippen LogP) is 15.5. The number of carbonyl (C=O) groups is 4. The highest BCUT2D eigenvalue weighted by Gasteiger charge is 2.64. The van der Waals surface area contributed by atoms with Crippen LogP contribution in [0.4, 0.5) is 22.7 Å². The topological polar surface area (TPSA) is 240 Å². The standard InChI is InChI=1S/C78H77Cl4N7O10S/c1-75(2,3)36-65-77(42-88(60-28-24-50(79)34-54(60)77)39-45-19-17-44(38-83)18-20-45)68(53-14-10-12-16-57(53)82)70(87-65)72(91)85-59-27-23-48(74(94)95)33-63(59)99-41-49-31-46(21-30-64(49)100(8,96)97)40-89-43-78(55-35-51(80)25-29-61(55)89)66(37-76(4,5)6)86-69(67(78)52-13-9-11-15-56(52)81)71(90)84-58-26-22-47(73(92)93)32-62(58)98-7/h9-35,65-70,86-87H,36-37,39-43H2,1-8H3,(H,84,90)(H,85,91)(H,92,93)(H,94,95)/t65-,66-,67-,68-,69+,70+,77-,78-/m0/s1. The summed E-state index contributed by atoms with van der Waals surface area (Å²) in [5.74, 6) is -4.47. The number of nitrogens with one attached hydrogen (secondary N) is 4. The molecule has 0 radical (unpaired) electrons. The van der Waals surface area contributed by atoms with E-state index in [1.807, 2.05) is 91.0 Å². The van der Waals surface area contributed by atoms with E-state index in [9.17, 15) is 33.5 Å². The maximum Gasteiger partial charge on any atom is 0.335 e. The molecular weight excluding hydrogens is 1370 g/mol. The van der Waals surface area contributed by atoms with Crippen molar-refractivity contribution in [1.82, 2.24) is 10.6 Å². The number of nitriles is 1. The summed E-state index contributed by atoms with van der Waals surface area (Å²) in [4.78, 5) is 60.3. The van der Waals surface area contributed by atoms with E-state index in [1.165, 1.54) is 49.6 Å². The van der Waals surface area contributed by atoms with E-state index in [2.05, 4.69) is 78.7 Å². The molecule has 100 heavy (non-hydrogen) atoms. The third kappa shape index (κ3) is 14.0. The minimum Gasteiger partial charge on any atom is -0.495 e. The third-order valence-electron chi connectivity index (χ3n) is 19.9. The minimum absolute atomic E-state index is 0.0210. The van der Waals surface area contributed by atoms with Crippen molar-refractivity contribution in [3.8, 4) is 17.6 Å². The van der Waals surface area contributed by atoms with Gasteiger partial charge in [0, 0.05) is 104 Å². The average molecular weight is 1450 g/mol. The van der Waals surface area contributed by atoms with Gasteiger partial charge < -0.3 is 50.8 Å². The smallest absolute Gasteiger partial charge is 0.335 e. The highest BCUT2D eigenvalue weighted by Crippen LogP contribution is 2.61. The quantitative estimate of drug-likeness (QED) is 0.0441. The molecule has 8 aromatic carbocycles. The van der Waals surface area contributed by atoms with Gasteiger partial charge in [-0.1, -0.05) is 143 Å². The number of benzene rings is 8. The molecule has 2 spiro atoms. The lowest BCUT2D eigenvalue weighted by atomic mass is 9.63. The number of carboxylic acids is 2. The molecule has 8 atom stereocenters. The minimum atomic E-state index is -3.95. The lowest BCUT2D eigenvalue weighted by Gasteiger charge is -2.40. The van der Waals surface area contributed by atoms with E-state index in [1.54, 1.807) is 30.3 Å². The molecule has 2 saturated heterocycles. The van der Waals surface area contributed by atoms with E-state index in [4.69, 9.17) is 55.9 Å². The van der Waals surface area contributed by atoms with Crippen molar-refractivity contribution in [3.63, 3.8) is 0 Å². The largest absolute Gasteiger partial charge is 0.495 e. The molecule has 0 unspecified atom stereocenters. The average Bonchev–Trinajstić information content (AvgIpc) is 1.54. The molecule has 22 heteroatoms. The zero-order valence-corrected chi connectivity index (χ0v) is 60.3. The first-order chi connectivity index (χ1) is 47.4. The van der Waals surface area contributed by atoms with Gasteiger partial charge in [-0.3, -0.25) is 9.59 Å². The van der Waals surface area contributed by atoms with Gasteiger partial charge in [0.1, 0.15) is 18.1 Å². The Kier molecular flexibility index (Phi) is 19.7. The van der Waals surface area contributed by atoms with Crippen LogP contribution in [0.3, 0.4) is 0 Å². The van der Waals surface area contributed by atoms with Gasteiger partial charge >= 0.3 is 11.9 Å². The molecule has 2 amide bonds. The highest BCUT2D eigenvalue weighted by atomic mass is 35.5. The van der Waals surface area contributed by atoms with Crippen molar-refractivity contribution < 1.29 is 47.3 Å². The number of carbonyl (C=O) groups excluding carboxylic acids is 2. The summed E-state index contributed by atoms with van der Waals surface area (Å²) in [6, 6.07) is 46.9. The Labute approximate surface area is 602 Å². The fourth-order valence-corrected chi connectivity index (χ4v) is 17.7. The number of fused-ring (bicyclic) bond motifs is 4. The third-order valence-corrected chi connectivity index (χ3v) is 22.3. The van der Waals surface area contributed by atoms with Crippen LogP contribution in [0.25, 0.3) is 0 Å². The zero-order chi connectivity index (χ0) is 71.5. The summed E-state index contributed by atoms with van der Waals surface area (Å²) in [5, 5.41) is 45.6. The van der Waals surface area contributed by atoms with Crippen LogP contribution in [0, 0.1) is 22.2 Å². The van der Waals surface area contributed by atoms with Crippen LogP contribution in [-0.4, -0.2) is 93.0 Å². The van der Waals surface area contributed by atoms with Gasteiger partial charge in [0.05, 0.1) is 58.2 Å². The van der Waals surface area contributed by atoms with Gasteiger partial charge in [-0.15, -0.1) is 0 Å². The molecule has 17 nitrogen and oxygen atoms in total. The van der Waals surface area contributed by atoms with Gasteiger partial charge in [-0.25, -0.2) is 18.0 Å². The van der Waals surface area contributed by atoms with Crippen LogP contribution in [0.1, 0.15) is 131 Å². The van der Waals surface area contributed by atoms with Crippen LogP contribution in [-0.2, 0) is 50.0 Å². The number of sulfone groups is 1. The normalized spacial score (nSPS) is 21.6. The number of carboxylic acid groups (broad SMARTS) is 2. The Morgan fingerprint density at radius 2 is 1.05 bits per heavy atom. The highest BCUT2D eigenvalue weighted by molar-refractivity contribution is 7.90. The molecule has 4 aliphatic rings. The van der Waals surface area contributed by atoms with Gasteiger partial charge in [0.25, 0.3) is 0 Å². The number of ether oxygens (including phenoxy) is 2. The molecule has 2 fully saturated rings. The molecule has 4 aliphatic heterocycles. The predicted molar refractivity (Wildman–Crippen MR) is 392 cm³/mol. The van der Waals surface area contributed by atoms with Gasteiger partial charge in [-0.05, 0) is 166 Å². The molecule has 0 bridgehead atoms. The first-order valence-corrected chi connectivity index (χ1v) is 36.2. The molecule has 0 saturated carbocycles. The molecule has 6 N–H and O–H groups in total. The summed E-state index contributed by atoms with van der Waals surface area (Å²) >= 11 is 28.6. The maximum absolute atomic E-state index is 15.8. The fraction of sp³-hybridized carbons (Fsp3) is 0.321. The summed E-state index contributed by atoms with van der Waals surface area (Å²) in [6.45, 7) is 13.9. The second-order valence-corrected chi connectivity index (χ2v) is 32.7. The number of halogens is 4. The van der Waals surface area contributed by atoms with E-state index in [0.29, 0.717) is 69.3 Å². The Morgan fingerprint density at radius 1 is 0.600 bits per heavy atom. The fourth-order valence-electron chi connectivity index (χ4n) is 15.9. The maximum atomic E-state index is 15.8. The summed E-state index contributed by atoms with van der Waals surface area (Å²) < 4.78 is 40.1. The molecule has 8 aromatic rings. The van der Waals surface area contributed by atoms with Crippen molar-refractivity contribution in [3.05, 3.63) is 240 Å². The van der Waals surface area contributed by atoms with Crippen LogP contribution >= 0.6 is 46.4 Å². The number of nitrogens with zero attached hydrogens (tertiary/aromatic N) is 3. The Morgan fingerprint density at radius 3 is 1.49 bits per heavy atom. The van der Waals surface area contributed by atoms with E-state index >= 15 is 9.59 Å². The number of anilines is 4.